The summed E-state index contributed by atoms with van der Waals surface area (Å²) in [7, 11) is 0. The van der Waals surface area contributed by atoms with Crippen LogP contribution in [0.15, 0.2) is 34.7 Å². The number of aryl methyl sites for hydroxylation is 1. The monoisotopic (exact) mass is 383 g/mol. The van der Waals surface area contributed by atoms with E-state index in [1.54, 1.807) is 10.7 Å². The molecular formula is C20H25N5O3. The number of carbonyl (C=O) groups is 1. The summed E-state index contributed by atoms with van der Waals surface area (Å²) in [4.78, 5) is 12.7. The molecular weight excluding hydrogens is 358 g/mol. The number of amides is 1. The van der Waals surface area contributed by atoms with Crippen LogP contribution >= 0.6 is 0 Å². The molecule has 28 heavy (non-hydrogen) atoms. The lowest BCUT2D eigenvalue weighted by Crippen LogP contribution is -2.17. The third-order valence-electron chi connectivity index (χ3n) is 4.04. The lowest BCUT2D eigenvalue weighted by atomic mass is 10.1. The van der Waals surface area contributed by atoms with Crippen molar-refractivity contribution >= 4 is 11.9 Å². The molecule has 0 fully saturated rings. The highest BCUT2D eigenvalue weighted by atomic mass is 16.5. The van der Waals surface area contributed by atoms with Gasteiger partial charge in [0.15, 0.2) is 0 Å². The number of ether oxygens (including phenoxy) is 1. The number of rotatable bonds is 8. The van der Waals surface area contributed by atoms with Gasteiger partial charge in [-0.3, -0.25) is 14.8 Å². The summed E-state index contributed by atoms with van der Waals surface area (Å²) < 4.78 is 12.9. The second-order valence-corrected chi connectivity index (χ2v) is 6.73. The highest BCUT2D eigenvalue weighted by Crippen LogP contribution is 2.29. The first-order valence-electron chi connectivity index (χ1n) is 9.45. The molecule has 0 unspecified atom stereocenters. The van der Waals surface area contributed by atoms with Gasteiger partial charge in [-0.25, -0.2) is 0 Å². The number of aromatic nitrogens is 4. The van der Waals surface area contributed by atoms with Crippen molar-refractivity contribution in [1.82, 2.24) is 20.0 Å². The number of nitrogens with one attached hydrogen (secondary N) is 1. The van der Waals surface area contributed by atoms with Gasteiger partial charge in [-0.2, -0.15) is 5.10 Å². The fourth-order valence-electron chi connectivity index (χ4n) is 2.88. The molecule has 0 saturated heterocycles. The van der Waals surface area contributed by atoms with Crippen molar-refractivity contribution in [2.24, 2.45) is 5.92 Å². The zero-order valence-electron chi connectivity index (χ0n) is 16.6. The topological polar surface area (TPSA) is 95.1 Å². The minimum Gasteiger partial charge on any atom is -0.493 e. The van der Waals surface area contributed by atoms with Crippen molar-refractivity contribution in [2.75, 3.05) is 11.9 Å². The van der Waals surface area contributed by atoms with Crippen LogP contribution in [-0.4, -0.2) is 32.5 Å². The fraction of sp³-hybridized carbons (Fsp3) is 0.400. The predicted octanol–water partition coefficient (Wildman–Crippen LogP) is 3.80. The minimum absolute atomic E-state index is 0.0283. The molecule has 2 aromatic heterocycles. The first-order chi connectivity index (χ1) is 13.5. The van der Waals surface area contributed by atoms with Crippen molar-refractivity contribution in [3.63, 3.8) is 0 Å². The molecule has 8 nitrogen and oxygen atoms in total. The molecule has 0 atom stereocenters. The predicted molar refractivity (Wildman–Crippen MR) is 105 cm³/mol. The normalized spacial score (nSPS) is 11.0. The van der Waals surface area contributed by atoms with Crippen LogP contribution in [0.3, 0.4) is 0 Å². The summed E-state index contributed by atoms with van der Waals surface area (Å²) in [5, 5.41) is 15.1. The van der Waals surface area contributed by atoms with Crippen LogP contribution < -0.4 is 10.1 Å². The molecule has 0 aliphatic rings. The van der Waals surface area contributed by atoms with Crippen molar-refractivity contribution < 1.29 is 13.9 Å². The second kappa shape index (κ2) is 8.69. The van der Waals surface area contributed by atoms with Crippen LogP contribution in [0.4, 0.5) is 6.01 Å². The van der Waals surface area contributed by atoms with E-state index in [0.717, 1.165) is 12.1 Å². The van der Waals surface area contributed by atoms with E-state index in [2.05, 4.69) is 34.5 Å². The first-order valence-corrected chi connectivity index (χ1v) is 9.45. The highest BCUT2D eigenvalue weighted by molar-refractivity contribution is 6.02. The zero-order chi connectivity index (χ0) is 20.1. The van der Waals surface area contributed by atoms with Gasteiger partial charge < -0.3 is 9.15 Å². The maximum Gasteiger partial charge on any atom is 0.322 e. The van der Waals surface area contributed by atoms with Crippen LogP contribution in [0.1, 0.15) is 43.9 Å². The number of anilines is 1. The number of hydrogen-bond acceptors (Lipinski definition) is 6. The first kappa shape index (κ1) is 19.6. The molecule has 8 heteroatoms. The summed E-state index contributed by atoms with van der Waals surface area (Å²) in [6, 6.07) is 9.22. The SMILES string of the molecule is CCOc1ccccc1-c1nnc(NC(=O)c2cc(CC(C)C)nn2CC)o1. The summed E-state index contributed by atoms with van der Waals surface area (Å²) in [6.45, 7) is 9.20. The average Bonchev–Trinajstić information content (AvgIpc) is 3.29. The van der Waals surface area contributed by atoms with E-state index in [1.807, 2.05) is 38.1 Å². The van der Waals surface area contributed by atoms with E-state index < -0.39 is 0 Å². The molecule has 3 aromatic rings. The van der Waals surface area contributed by atoms with E-state index in [4.69, 9.17) is 9.15 Å². The Morgan fingerprint density at radius 3 is 2.75 bits per heavy atom. The van der Waals surface area contributed by atoms with Gasteiger partial charge in [0.25, 0.3) is 11.8 Å². The maximum atomic E-state index is 12.7. The lowest BCUT2D eigenvalue weighted by Gasteiger charge is -2.06. The van der Waals surface area contributed by atoms with Gasteiger partial charge in [0.1, 0.15) is 11.4 Å². The largest absolute Gasteiger partial charge is 0.493 e. The van der Waals surface area contributed by atoms with Crippen molar-refractivity contribution in [3.8, 4) is 17.2 Å². The molecule has 1 N–H and O–H groups in total. The highest BCUT2D eigenvalue weighted by Gasteiger charge is 2.19. The second-order valence-electron chi connectivity index (χ2n) is 6.73. The van der Waals surface area contributed by atoms with Crippen molar-refractivity contribution in [3.05, 3.63) is 41.7 Å². The Labute approximate surface area is 163 Å². The standard InChI is InChI=1S/C20H25N5O3/c1-5-25-16(12-14(24-25)11-13(3)4)18(26)21-20-23-22-19(28-20)15-9-7-8-10-17(15)27-6-2/h7-10,12-13H,5-6,11H2,1-4H3,(H,21,23,26). The quantitative estimate of drug-likeness (QED) is 0.636. The van der Waals surface area contributed by atoms with Gasteiger partial charge in [0.05, 0.1) is 17.9 Å². The molecule has 0 aliphatic carbocycles. The van der Waals surface area contributed by atoms with E-state index in [9.17, 15) is 4.79 Å². The Balaban J connectivity index is 1.79. The number of nitrogens with zero attached hydrogens (tertiary/aromatic N) is 4. The van der Waals surface area contributed by atoms with Crippen molar-refractivity contribution in [1.29, 1.82) is 0 Å². The van der Waals surface area contributed by atoms with Crippen LogP contribution in [0.2, 0.25) is 0 Å². The molecule has 0 spiro atoms. The van der Waals surface area contributed by atoms with Gasteiger partial charge in [-0.15, -0.1) is 5.10 Å². The van der Waals surface area contributed by atoms with Crippen LogP contribution in [0.25, 0.3) is 11.5 Å². The smallest absolute Gasteiger partial charge is 0.322 e. The summed E-state index contributed by atoms with van der Waals surface area (Å²) in [6.07, 6.45) is 0.812. The van der Waals surface area contributed by atoms with Crippen LogP contribution in [0, 0.1) is 5.92 Å². The Morgan fingerprint density at radius 2 is 2.04 bits per heavy atom. The van der Waals surface area contributed by atoms with Crippen molar-refractivity contribution in [2.45, 2.75) is 40.7 Å². The van der Waals surface area contributed by atoms with Gasteiger partial charge in [-0.1, -0.05) is 31.1 Å². The Bertz CT molecular complexity index is 945. The van der Waals surface area contributed by atoms with E-state index >= 15 is 0 Å². The molecule has 0 radical (unpaired) electrons. The third kappa shape index (κ3) is 4.39. The Hall–Kier alpha value is -3.16. The van der Waals surface area contributed by atoms with Gasteiger partial charge in [-0.05, 0) is 44.4 Å². The molecule has 2 heterocycles. The Morgan fingerprint density at radius 1 is 1.25 bits per heavy atom. The van der Waals surface area contributed by atoms with E-state index in [0.29, 0.717) is 36.1 Å². The summed E-state index contributed by atoms with van der Waals surface area (Å²) in [5.41, 5.74) is 2.03. The number of benzene rings is 1. The molecule has 3 rings (SSSR count). The maximum absolute atomic E-state index is 12.7. The summed E-state index contributed by atoms with van der Waals surface area (Å²) in [5.74, 6) is 1.05. The lowest BCUT2D eigenvalue weighted by molar-refractivity contribution is 0.101. The van der Waals surface area contributed by atoms with Gasteiger partial charge >= 0.3 is 6.01 Å². The number of hydrogen-bond donors (Lipinski definition) is 1. The minimum atomic E-state index is -0.336. The molecule has 1 amide bonds. The zero-order valence-corrected chi connectivity index (χ0v) is 16.6. The molecule has 1 aromatic carbocycles. The molecule has 0 bridgehead atoms. The van der Waals surface area contributed by atoms with E-state index in [-0.39, 0.29) is 17.8 Å². The molecule has 0 aliphatic heterocycles. The van der Waals surface area contributed by atoms with Crippen LogP contribution in [0.5, 0.6) is 5.75 Å². The summed E-state index contributed by atoms with van der Waals surface area (Å²) >= 11 is 0. The average molecular weight is 383 g/mol. The third-order valence-corrected chi connectivity index (χ3v) is 4.04. The van der Waals surface area contributed by atoms with Gasteiger partial charge in [0, 0.05) is 6.54 Å². The Kier molecular flexibility index (Phi) is 6.08. The number of carbonyl (C=O) groups excluding carboxylic acids is 1. The van der Waals surface area contributed by atoms with Crippen LogP contribution in [-0.2, 0) is 13.0 Å². The van der Waals surface area contributed by atoms with E-state index in [1.165, 1.54) is 0 Å². The molecule has 0 saturated carbocycles. The number of para-hydroxylation sites is 1. The fourth-order valence-corrected chi connectivity index (χ4v) is 2.88. The van der Waals surface area contributed by atoms with Gasteiger partial charge in [0.2, 0.25) is 0 Å². The molecule has 148 valence electrons.